The second-order valence-corrected chi connectivity index (χ2v) is 5.36. The van der Waals surface area contributed by atoms with Gasteiger partial charge in [0.15, 0.2) is 5.78 Å². The number of carbonyl (C=O) groups is 1. The van der Waals surface area contributed by atoms with E-state index in [9.17, 15) is 4.79 Å². The van der Waals surface area contributed by atoms with Crippen LogP contribution in [0.3, 0.4) is 0 Å². The average molecular weight is 258 g/mol. The Balaban J connectivity index is 1.85. The number of benzene rings is 3. The summed E-state index contributed by atoms with van der Waals surface area (Å²) in [5.74, 6) is 0.282. The number of fused-ring (bicyclic) bond motifs is 2. The Bertz CT molecular complexity index is 830. The molecule has 1 heteroatoms. The molecule has 4 rings (SSSR count). The van der Waals surface area contributed by atoms with Gasteiger partial charge in [-0.25, -0.2) is 0 Å². The Morgan fingerprint density at radius 1 is 0.700 bits per heavy atom. The number of hydrogen-bond acceptors (Lipinski definition) is 1. The molecule has 0 atom stereocenters. The molecule has 3 aromatic rings. The molecule has 0 unspecified atom stereocenters. The van der Waals surface area contributed by atoms with Crippen LogP contribution in [0.4, 0.5) is 0 Å². The Labute approximate surface area is 117 Å². The highest BCUT2D eigenvalue weighted by Crippen LogP contribution is 2.29. The third kappa shape index (κ3) is 1.75. The normalized spacial score (nSPS) is 13.7. The molecule has 1 nitrogen and oxygen atoms in total. The second kappa shape index (κ2) is 4.31. The van der Waals surface area contributed by atoms with Gasteiger partial charge in [-0.3, -0.25) is 4.79 Å². The number of ketones is 1. The molecule has 0 heterocycles. The Kier molecular flexibility index (Phi) is 2.46. The smallest absolute Gasteiger partial charge is 0.163 e. The molecule has 1 aliphatic rings. The standard InChI is InChI=1S/C19H14O/c20-19-10-8-17-12-16(7-9-18(17)19)15-6-5-13-3-1-2-4-14(13)11-15/h1-7,9,11-12H,8,10H2. The van der Waals surface area contributed by atoms with Crippen LogP contribution in [0, 0.1) is 0 Å². The number of hydrogen-bond donors (Lipinski definition) is 0. The minimum Gasteiger partial charge on any atom is -0.294 e. The third-order valence-corrected chi connectivity index (χ3v) is 4.11. The maximum atomic E-state index is 11.7. The van der Waals surface area contributed by atoms with E-state index in [1.807, 2.05) is 6.07 Å². The molecule has 0 aromatic heterocycles. The molecule has 0 saturated heterocycles. The van der Waals surface area contributed by atoms with Gasteiger partial charge >= 0.3 is 0 Å². The van der Waals surface area contributed by atoms with Gasteiger partial charge < -0.3 is 0 Å². The number of aryl methyl sites for hydroxylation is 1. The van der Waals surface area contributed by atoms with Gasteiger partial charge in [-0.2, -0.15) is 0 Å². The lowest BCUT2D eigenvalue weighted by Gasteiger charge is -2.06. The predicted octanol–water partition coefficient (Wildman–Crippen LogP) is 4.64. The molecule has 0 bridgehead atoms. The van der Waals surface area contributed by atoms with Crippen molar-refractivity contribution in [2.45, 2.75) is 12.8 Å². The summed E-state index contributed by atoms with van der Waals surface area (Å²) in [5, 5.41) is 2.51. The van der Waals surface area contributed by atoms with Crippen LogP contribution in [-0.2, 0) is 6.42 Å². The van der Waals surface area contributed by atoms with Gasteiger partial charge in [-0.15, -0.1) is 0 Å². The van der Waals surface area contributed by atoms with Gasteiger partial charge in [0.1, 0.15) is 0 Å². The highest BCUT2D eigenvalue weighted by Gasteiger charge is 2.19. The lowest BCUT2D eigenvalue weighted by molar-refractivity contribution is 0.0994. The fourth-order valence-corrected chi connectivity index (χ4v) is 3.00. The second-order valence-electron chi connectivity index (χ2n) is 5.36. The largest absolute Gasteiger partial charge is 0.294 e. The zero-order valence-electron chi connectivity index (χ0n) is 11.1. The first-order chi connectivity index (χ1) is 9.81. The van der Waals surface area contributed by atoms with E-state index in [0.29, 0.717) is 6.42 Å². The molecular formula is C19H14O. The predicted molar refractivity (Wildman–Crippen MR) is 82.0 cm³/mol. The summed E-state index contributed by atoms with van der Waals surface area (Å²) in [6.45, 7) is 0. The number of carbonyl (C=O) groups excluding carboxylic acids is 1. The van der Waals surface area contributed by atoms with E-state index < -0.39 is 0 Å². The van der Waals surface area contributed by atoms with Crippen LogP contribution in [-0.4, -0.2) is 5.78 Å². The molecule has 0 fully saturated rings. The fraction of sp³-hybridized carbons (Fsp3) is 0.105. The summed E-state index contributed by atoms with van der Waals surface area (Å²) in [5.41, 5.74) is 4.52. The number of Topliss-reactive ketones (excluding diaryl/α,β-unsaturated/α-hetero) is 1. The Hall–Kier alpha value is -2.41. The van der Waals surface area contributed by atoms with E-state index >= 15 is 0 Å². The number of rotatable bonds is 1. The van der Waals surface area contributed by atoms with Crippen molar-refractivity contribution in [2.75, 3.05) is 0 Å². The van der Waals surface area contributed by atoms with Gasteiger partial charge in [0, 0.05) is 12.0 Å². The summed E-state index contributed by atoms with van der Waals surface area (Å²) >= 11 is 0. The van der Waals surface area contributed by atoms with Crippen molar-refractivity contribution in [3.63, 3.8) is 0 Å². The molecule has 0 spiro atoms. The van der Waals surface area contributed by atoms with E-state index in [1.165, 1.54) is 27.5 Å². The van der Waals surface area contributed by atoms with Crippen LogP contribution in [0.5, 0.6) is 0 Å². The van der Waals surface area contributed by atoms with Crippen molar-refractivity contribution in [3.8, 4) is 11.1 Å². The molecule has 1 aliphatic carbocycles. The van der Waals surface area contributed by atoms with Gasteiger partial charge in [0.05, 0.1) is 0 Å². The summed E-state index contributed by atoms with van der Waals surface area (Å²) in [6.07, 6.45) is 1.55. The van der Waals surface area contributed by atoms with Gasteiger partial charge in [0.25, 0.3) is 0 Å². The Morgan fingerprint density at radius 2 is 1.45 bits per heavy atom. The van der Waals surface area contributed by atoms with Crippen molar-refractivity contribution < 1.29 is 4.79 Å². The first-order valence-corrected chi connectivity index (χ1v) is 6.96. The highest BCUT2D eigenvalue weighted by atomic mass is 16.1. The van der Waals surface area contributed by atoms with Crippen molar-refractivity contribution in [2.24, 2.45) is 0 Å². The quantitative estimate of drug-likeness (QED) is 0.621. The molecule has 20 heavy (non-hydrogen) atoms. The van der Waals surface area contributed by atoms with E-state index in [-0.39, 0.29) is 5.78 Å². The molecule has 3 aromatic carbocycles. The van der Waals surface area contributed by atoms with Crippen LogP contribution in [0.25, 0.3) is 21.9 Å². The minimum absolute atomic E-state index is 0.282. The zero-order valence-corrected chi connectivity index (χ0v) is 11.1. The molecule has 96 valence electrons. The van der Waals surface area contributed by atoms with E-state index in [1.54, 1.807) is 0 Å². The summed E-state index contributed by atoms with van der Waals surface area (Å²) in [7, 11) is 0. The molecule has 0 saturated carbocycles. The van der Waals surface area contributed by atoms with Crippen LogP contribution in [0.1, 0.15) is 22.3 Å². The van der Waals surface area contributed by atoms with Crippen molar-refractivity contribution in [3.05, 3.63) is 71.8 Å². The molecule has 0 N–H and O–H groups in total. The lowest BCUT2D eigenvalue weighted by atomic mass is 9.98. The van der Waals surface area contributed by atoms with Gasteiger partial charge in [0.2, 0.25) is 0 Å². The minimum atomic E-state index is 0.282. The SMILES string of the molecule is O=C1CCc2cc(-c3ccc4ccccc4c3)ccc21. The third-order valence-electron chi connectivity index (χ3n) is 4.11. The first-order valence-electron chi connectivity index (χ1n) is 6.96. The van der Waals surface area contributed by atoms with Crippen molar-refractivity contribution in [1.82, 2.24) is 0 Å². The molecular weight excluding hydrogens is 244 g/mol. The topological polar surface area (TPSA) is 17.1 Å². The maximum absolute atomic E-state index is 11.7. The van der Waals surface area contributed by atoms with Crippen LogP contribution < -0.4 is 0 Å². The molecule has 0 radical (unpaired) electrons. The van der Waals surface area contributed by atoms with E-state index in [4.69, 9.17) is 0 Å². The van der Waals surface area contributed by atoms with Gasteiger partial charge in [-0.05, 0) is 39.9 Å². The zero-order chi connectivity index (χ0) is 13.5. The van der Waals surface area contributed by atoms with E-state index in [0.717, 1.165) is 12.0 Å². The molecule has 0 aliphatic heterocycles. The monoisotopic (exact) mass is 258 g/mol. The fourth-order valence-electron chi connectivity index (χ4n) is 3.00. The van der Waals surface area contributed by atoms with Gasteiger partial charge in [-0.1, -0.05) is 54.6 Å². The highest BCUT2D eigenvalue weighted by molar-refractivity contribution is 6.01. The molecule has 0 amide bonds. The maximum Gasteiger partial charge on any atom is 0.163 e. The first kappa shape index (κ1) is 11.4. The van der Waals surface area contributed by atoms with E-state index in [2.05, 4.69) is 54.6 Å². The van der Waals surface area contributed by atoms with Crippen LogP contribution in [0.15, 0.2) is 60.7 Å². The Morgan fingerprint density at radius 3 is 2.35 bits per heavy atom. The summed E-state index contributed by atoms with van der Waals surface area (Å²) in [4.78, 5) is 11.7. The average Bonchev–Trinajstić information content (AvgIpc) is 2.88. The van der Waals surface area contributed by atoms with Crippen LogP contribution >= 0.6 is 0 Å². The lowest BCUT2D eigenvalue weighted by Crippen LogP contribution is -1.90. The summed E-state index contributed by atoms with van der Waals surface area (Å²) < 4.78 is 0. The van der Waals surface area contributed by atoms with Crippen molar-refractivity contribution in [1.29, 1.82) is 0 Å². The van der Waals surface area contributed by atoms with Crippen LogP contribution in [0.2, 0.25) is 0 Å². The van der Waals surface area contributed by atoms with Crippen molar-refractivity contribution >= 4 is 16.6 Å². The summed E-state index contributed by atoms with van der Waals surface area (Å²) in [6, 6.07) is 21.1.